The topological polar surface area (TPSA) is 156 Å². The number of sulfone groups is 1. The molecule has 2 aromatic rings. The number of ketones is 1. The van der Waals surface area contributed by atoms with Crippen LogP contribution in [0.1, 0.15) is 33.3 Å². The van der Waals surface area contributed by atoms with E-state index in [-0.39, 0.29) is 28.6 Å². The largest absolute Gasteiger partial charge is 0.458 e. The third-order valence-electron chi connectivity index (χ3n) is 6.42. The molecule has 2 atom stereocenters. The summed E-state index contributed by atoms with van der Waals surface area (Å²) in [6.45, 7) is 7.51. The summed E-state index contributed by atoms with van der Waals surface area (Å²) in [6, 6.07) is 9.62. The van der Waals surface area contributed by atoms with E-state index >= 15 is 0 Å². The van der Waals surface area contributed by atoms with Crippen molar-refractivity contribution in [3.63, 3.8) is 0 Å². The van der Waals surface area contributed by atoms with Crippen LogP contribution in [0.25, 0.3) is 0 Å². The molecule has 0 saturated carbocycles. The molecule has 0 spiro atoms. The lowest BCUT2D eigenvalue weighted by molar-refractivity contribution is -0.163. The van der Waals surface area contributed by atoms with Gasteiger partial charge in [-0.25, -0.2) is 30.7 Å². The molecule has 0 aromatic heterocycles. The summed E-state index contributed by atoms with van der Waals surface area (Å²) < 4.78 is 65.2. The van der Waals surface area contributed by atoms with Gasteiger partial charge >= 0.3 is 12.1 Å². The second kappa shape index (κ2) is 12.0. The monoisotopic (exact) mass is 623 g/mol. The van der Waals surface area contributed by atoms with Crippen molar-refractivity contribution in [3.8, 4) is 5.75 Å². The summed E-state index contributed by atoms with van der Waals surface area (Å²) in [6.07, 6.45) is -0.676. The molecule has 14 heteroatoms. The fraction of sp³-hybridized carbons (Fsp3) is 0.464. The zero-order chi connectivity index (χ0) is 31.7. The average Bonchev–Trinajstić information content (AvgIpc) is 2.87. The number of amides is 1. The zero-order valence-electron chi connectivity index (χ0n) is 24.7. The first-order valence-corrected chi connectivity index (χ1v) is 16.4. The first-order chi connectivity index (χ1) is 19.3. The van der Waals surface area contributed by atoms with E-state index in [2.05, 4.69) is 5.32 Å². The van der Waals surface area contributed by atoms with E-state index < -0.39 is 60.6 Å². The number of anilines is 1. The van der Waals surface area contributed by atoms with Crippen LogP contribution in [0.4, 0.5) is 10.5 Å². The number of nitrogens with one attached hydrogen (secondary N) is 1. The molecule has 1 amide bonds. The maximum absolute atomic E-state index is 14.4. The lowest BCUT2D eigenvalue weighted by atomic mass is 9.90. The molecule has 0 aliphatic carbocycles. The molecule has 0 bridgehead atoms. The van der Waals surface area contributed by atoms with E-state index in [1.165, 1.54) is 55.4 Å². The number of hydrogen-bond acceptors (Lipinski definition) is 10. The van der Waals surface area contributed by atoms with E-state index in [1.807, 2.05) is 0 Å². The number of sulfonamides is 1. The number of carbonyl (C=O) groups excluding carboxylic acids is 3. The maximum Gasteiger partial charge on any atom is 0.414 e. The predicted molar refractivity (Wildman–Crippen MR) is 157 cm³/mol. The molecule has 3 rings (SSSR count). The Hall–Kier alpha value is -3.49. The number of rotatable bonds is 8. The Bertz CT molecular complexity index is 1550. The molecular formula is C28H37N3O9S2. The van der Waals surface area contributed by atoms with Crippen molar-refractivity contribution >= 4 is 43.4 Å². The van der Waals surface area contributed by atoms with E-state index in [0.29, 0.717) is 4.31 Å². The molecule has 2 aromatic carbocycles. The molecule has 42 heavy (non-hydrogen) atoms. The van der Waals surface area contributed by atoms with E-state index in [9.17, 15) is 31.2 Å². The molecule has 1 fully saturated rings. The third kappa shape index (κ3) is 7.28. The molecule has 1 saturated heterocycles. The number of ether oxygens (including phenoxy) is 2. The van der Waals surface area contributed by atoms with Crippen LogP contribution in [0.3, 0.4) is 0 Å². The van der Waals surface area contributed by atoms with Crippen molar-refractivity contribution in [2.45, 2.75) is 56.7 Å². The summed E-state index contributed by atoms with van der Waals surface area (Å²) >= 11 is 0. The summed E-state index contributed by atoms with van der Waals surface area (Å²) in [5, 5.41) is 2.82. The maximum atomic E-state index is 14.4. The van der Waals surface area contributed by atoms with Crippen molar-refractivity contribution in [1.29, 1.82) is 0 Å². The number of aryl methyl sites for hydroxylation is 1. The lowest BCUT2D eigenvalue weighted by Crippen LogP contribution is -2.67. The van der Waals surface area contributed by atoms with Crippen LogP contribution >= 0.6 is 0 Å². The van der Waals surface area contributed by atoms with Crippen LogP contribution in [0.5, 0.6) is 5.75 Å². The Morgan fingerprint density at radius 2 is 1.52 bits per heavy atom. The molecule has 1 unspecified atom stereocenters. The van der Waals surface area contributed by atoms with Gasteiger partial charge in [-0.3, -0.25) is 4.79 Å². The Morgan fingerprint density at radius 1 is 0.952 bits per heavy atom. The Balaban J connectivity index is 2.28. The quantitative estimate of drug-likeness (QED) is 0.342. The van der Waals surface area contributed by atoms with E-state index in [0.717, 1.165) is 12.5 Å². The second-order valence-electron chi connectivity index (χ2n) is 11.4. The highest BCUT2D eigenvalue weighted by molar-refractivity contribution is 7.93. The van der Waals surface area contributed by atoms with Crippen molar-refractivity contribution < 1.29 is 40.7 Å². The SMILES string of the molecule is Cc1ccc(S(=O)(=O)N(c2ccc(OC(=O)N(C)C)cc2)[C@@](C)(C(=O)OC(C)(C)C)C(=O)C2CS(=O)(=O)CCN2)cc1. The van der Waals surface area contributed by atoms with Gasteiger partial charge in [-0.05, 0) is 71.0 Å². The third-order valence-corrected chi connectivity index (χ3v) is 10.0. The van der Waals surface area contributed by atoms with Gasteiger partial charge in [0.1, 0.15) is 11.4 Å². The predicted octanol–water partition coefficient (Wildman–Crippen LogP) is 2.31. The molecule has 1 N–H and O–H groups in total. The van der Waals surface area contributed by atoms with Crippen LogP contribution in [0, 0.1) is 6.92 Å². The highest BCUT2D eigenvalue weighted by atomic mass is 32.2. The van der Waals surface area contributed by atoms with Gasteiger partial charge in [0.25, 0.3) is 10.0 Å². The molecule has 230 valence electrons. The highest BCUT2D eigenvalue weighted by Crippen LogP contribution is 2.36. The van der Waals surface area contributed by atoms with Crippen LogP contribution in [0.2, 0.25) is 0 Å². The molecule has 1 heterocycles. The Morgan fingerprint density at radius 3 is 2.02 bits per heavy atom. The van der Waals surface area contributed by atoms with Crippen LogP contribution < -0.4 is 14.4 Å². The van der Waals surface area contributed by atoms with E-state index in [1.54, 1.807) is 39.8 Å². The van der Waals surface area contributed by atoms with Gasteiger partial charge in [0.2, 0.25) is 5.54 Å². The molecule has 0 radical (unpaired) electrons. The molecule has 1 aliphatic heterocycles. The normalized spacial score (nSPS) is 18.3. The number of Topliss-reactive ketones (excluding diaryl/α,β-unsaturated/α-hetero) is 1. The van der Waals surface area contributed by atoms with Crippen molar-refractivity contribution in [2.24, 2.45) is 0 Å². The number of nitrogens with zero attached hydrogens (tertiary/aromatic N) is 2. The van der Waals surface area contributed by atoms with E-state index in [4.69, 9.17) is 9.47 Å². The van der Waals surface area contributed by atoms with Crippen LogP contribution in [0.15, 0.2) is 53.4 Å². The number of benzene rings is 2. The minimum Gasteiger partial charge on any atom is -0.458 e. The number of carbonyl (C=O) groups is 3. The Labute approximate surface area is 246 Å². The summed E-state index contributed by atoms with van der Waals surface area (Å²) in [5.41, 5.74) is -3.05. The lowest BCUT2D eigenvalue weighted by Gasteiger charge is -2.42. The van der Waals surface area contributed by atoms with Gasteiger partial charge < -0.3 is 19.7 Å². The minimum absolute atomic E-state index is 0.0558. The number of hydrogen-bond donors (Lipinski definition) is 1. The van der Waals surface area contributed by atoms with Crippen LogP contribution in [-0.4, -0.2) is 88.9 Å². The van der Waals surface area contributed by atoms with Crippen molar-refractivity contribution in [1.82, 2.24) is 10.2 Å². The van der Waals surface area contributed by atoms with Gasteiger partial charge in [-0.15, -0.1) is 0 Å². The second-order valence-corrected chi connectivity index (χ2v) is 15.4. The van der Waals surface area contributed by atoms with Gasteiger partial charge in [-0.2, -0.15) is 0 Å². The first-order valence-electron chi connectivity index (χ1n) is 13.1. The fourth-order valence-electron chi connectivity index (χ4n) is 4.25. The van der Waals surface area contributed by atoms with Crippen LogP contribution in [-0.2, 0) is 34.2 Å². The summed E-state index contributed by atoms with van der Waals surface area (Å²) in [5.74, 6) is -2.95. The van der Waals surface area contributed by atoms with Gasteiger partial charge in [0, 0.05) is 20.6 Å². The zero-order valence-corrected chi connectivity index (χ0v) is 26.3. The van der Waals surface area contributed by atoms with Gasteiger partial charge in [0.05, 0.1) is 28.1 Å². The summed E-state index contributed by atoms with van der Waals surface area (Å²) in [7, 11) is -5.35. The Kier molecular flexibility index (Phi) is 9.45. The fourth-order valence-corrected chi connectivity index (χ4v) is 7.36. The standard InChI is InChI=1S/C28H37N3O9S2/c1-19-8-14-22(15-9-19)42(37,38)31(20-10-12-21(13-11-20)39-26(34)30(6)7)28(5,25(33)40-27(2,3)4)24(32)23-18-41(35,36)17-16-29-23/h8-15,23,29H,16-18H2,1-7H3/t23?,28-/m1/s1. The van der Waals surface area contributed by atoms with Gasteiger partial charge in [0.15, 0.2) is 15.6 Å². The molecule has 12 nitrogen and oxygen atoms in total. The average molecular weight is 624 g/mol. The van der Waals surface area contributed by atoms with Gasteiger partial charge in [-0.1, -0.05) is 17.7 Å². The smallest absolute Gasteiger partial charge is 0.414 e. The van der Waals surface area contributed by atoms with Crippen molar-refractivity contribution in [2.75, 3.05) is 36.5 Å². The first kappa shape index (κ1) is 33.0. The summed E-state index contributed by atoms with van der Waals surface area (Å²) in [4.78, 5) is 41.2. The number of esters is 1. The molecule has 1 aliphatic rings. The highest BCUT2D eigenvalue weighted by Gasteiger charge is 2.56. The minimum atomic E-state index is -4.67. The molecular weight excluding hydrogens is 586 g/mol. The van der Waals surface area contributed by atoms with Crippen molar-refractivity contribution in [3.05, 3.63) is 54.1 Å².